The fourth-order valence-electron chi connectivity index (χ4n) is 1.30. The largest absolute Gasteiger partial charge is 0.460 e. The monoisotopic (exact) mass is 236 g/mol. The molecule has 0 amide bonds. The van der Waals surface area contributed by atoms with Crippen LogP contribution in [0.4, 0.5) is 0 Å². The highest BCUT2D eigenvalue weighted by molar-refractivity contribution is 5.84. The summed E-state index contributed by atoms with van der Waals surface area (Å²) in [6.07, 6.45) is 3.00. The molecule has 2 aromatic rings. The van der Waals surface area contributed by atoms with Gasteiger partial charge in [-0.05, 0) is 6.92 Å². The lowest BCUT2D eigenvalue weighted by molar-refractivity contribution is 0.0512. The lowest BCUT2D eigenvalue weighted by Gasteiger charge is -1.98. The molecule has 90 valence electrons. The molecule has 2 rings (SSSR count). The molecule has 2 heterocycles. The molecule has 0 atom stereocenters. The Morgan fingerprint density at radius 2 is 2.35 bits per heavy atom. The van der Waals surface area contributed by atoms with E-state index in [0.717, 1.165) is 0 Å². The number of carbonyl (C=O) groups excluding carboxylic acids is 1. The number of hydrogen-bond acceptors (Lipinski definition) is 6. The van der Waals surface area contributed by atoms with Crippen molar-refractivity contribution in [2.45, 2.75) is 13.5 Å². The van der Waals surface area contributed by atoms with Crippen LogP contribution in [0.5, 0.6) is 0 Å². The molecule has 0 saturated carbocycles. The number of ether oxygens (including phenoxy) is 1. The first kappa shape index (κ1) is 11.2. The molecule has 0 spiro atoms. The fourth-order valence-corrected chi connectivity index (χ4v) is 1.30. The first-order valence-electron chi connectivity index (χ1n) is 5.10. The van der Waals surface area contributed by atoms with Gasteiger partial charge in [-0.3, -0.25) is 4.68 Å². The van der Waals surface area contributed by atoms with Crippen molar-refractivity contribution >= 4 is 5.97 Å². The van der Waals surface area contributed by atoms with Gasteiger partial charge in [0.2, 0.25) is 0 Å². The first-order valence-corrected chi connectivity index (χ1v) is 5.10. The maximum Gasteiger partial charge on any atom is 0.378 e. The summed E-state index contributed by atoms with van der Waals surface area (Å²) in [6.45, 7) is 2.44. The zero-order valence-electron chi connectivity index (χ0n) is 9.57. The molecular weight excluding hydrogens is 224 g/mol. The zero-order valence-corrected chi connectivity index (χ0v) is 9.57. The van der Waals surface area contributed by atoms with E-state index in [1.807, 2.05) is 0 Å². The van der Waals surface area contributed by atoms with Crippen molar-refractivity contribution in [3.63, 3.8) is 0 Å². The molecule has 0 unspecified atom stereocenters. The minimum absolute atomic E-state index is 0.0597. The van der Waals surface area contributed by atoms with Gasteiger partial charge in [-0.15, -0.1) is 5.10 Å². The smallest absolute Gasteiger partial charge is 0.378 e. The highest BCUT2D eigenvalue weighted by Crippen LogP contribution is 2.00. The minimum atomic E-state index is -0.520. The third kappa shape index (κ3) is 2.47. The third-order valence-corrected chi connectivity index (χ3v) is 2.08. The van der Waals surface area contributed by atoms with Crippen LogP contribution < -0.4 is 0 Å². The standard InChI is InChI=1S/C9H12N6O2/c1-3-17-9(16)8-12-7(14(2)13-8)4-15-6-10-5-11-15/h5-6H,3-4H2,1-2H3. The Balaban J connectivity index is 2.16. The topological polar surface area (TPSA) is 87.7 Å². The average molecular weight is 236 g/mol. The summed E-state index contributed by atoms with van der Waals surface area (Å²) in [7, 11) is 1.71. The van der Waals surface area contributed by atoms with Gasteiger partial charge in [0.25, 0.3) is 5.82 Å². The summed E-state index contributed by atoms with van der Waals surface area (Å²) >= 11 is 0. The number of nitrogens with zero attached hydrogens (tertiary/aromatic N) is 6. The van der Waals surface area contributed by atoms with Crippen LogP contribution in [0.25, 0.3) is 0 Å². The maximum absolute atomic E-state index is 11.4. The molecule has 0 fully saturated rings. The van der Waals surface area contributed by atoms with E-state index in [4.69, 9.17) is 4.74 Å². The van der Waals surface area contributed by atoms with Gasteiger partial charge < -0.3 is 4.74 Å². The van der Waals surface area contributed by atoms with Crippen LogP contribution in [-0.4, -0.2) is 42.1 Å². The summed E-state index contributed by atoms with van der Waals surface area (Å²) in [6, 6.07) is 0. The van der Waals surface area contributed by atoms with Crippen LogP contribution in [0.3, 0.4) is 0 Å². The second-order valence-corrected chi connectivity index (χ2v) is 3.29. The molecule has 0 N–H and O–H groups in total. The van der Waals surface area contributed by atoms with Crippen LogP contribution in [-0.2, 0) is 18.3 Å². The van der Waals surface area contributed by atoms with Crippen molar-refractivity contribution < 1.29 is 9.53 Å². The molecule has 0 aliphatic carbocycles. The van der Waals surface area contributed by atoms with E-state index < -0.39 is 5.97 Å². The predicted octanol–water partition coefficient (Wildman–Crippen LogP) is -0.368. The van der Waals surface area contributed by atoms with Crippen LogP contribution in [0.1, 0.15) is 23.4 Å². The predicted molar refractivity (Wildman–Crippen MR) is 56.1 cm³/mol. The van der Waals surface area contributed by atoms with Gasteiger partial charge >= 0.3 is 5.97 Å². The lowest BCUT2D eigenvalue weighted by Crippen LogP contribution is -2.07. The van der Waals surface area contributed by atoms with Crippen molar-refractivity contribution in [3.05, 3.63) is 24.3 Å². The second kappa shape index (κ2) is 4.73. The molecule has 0 radical (unpaired) electrons. The molecular formula is C9H12N6O2. The van der Waals surface area contributed by atoms with E-state index in [0.29, 0.717) is 19.0 Å². The SMILES string of the molecule is CCOC(=O)c1nc(Cn2cncn2)n(C)n1. The summed E-state index contributed by atoms with van der Waals surface area (Å²) in [5.41, 5.74) is 0. The van der Waals surface area contributed by atoms with Gasteiger partial charge in [0.05, 0.1) is 6.61 Å². The Morgan fingerprint density at radius 1 is 1.53 bits per heavy atom. The van der Waals surface area contributed by atoms with E-state index in [9.17, 15) is 4.79 Å². The molecule has 2 aromatic heterocycles. The molecule has 0 aromatic carbocycles. The van der Waals surface area contributed by atoms with Gasteiger partial charge in [0, 0.05) is 7.05 Å². The molecule has 0 saturated heterocycles. The highest BCUT2D eigenvalue weighted by Gasteiger charge is 2.15. The van der Waals surface area contributed by atoms with Crippen LogP contribution >= 0.6 is 0 Å². The number of rotatable bonds is 4. The van der Waals surface area contributed by atoms with Crippen molar-refractivity contribution in [1.29, 1.82) is 0 Å². The molecule has 8 heteroatoms. The van der Waals surface area contributed by atoms with E-state index >= 15 is 0 Å². The Hall–Kier alpha value is -2.25. The van der Waals surface area contributed by atoms with E-state index in [-0.39, 0.29) is 5.82 Å². The van der Waals surface area contributed by atoms with Crippen LogP contribution in [0.2, 0.25) is 0 Å². The van der Waals surface area contributed by atoms with Crippen LogP contribution in [0.15, 0.2) is 12.7 Å². The van der Waals surface area contributed by atoms with Crippen LogP contribution in [0, 0.1) is 0 Å². The van der Waals surface area contributed by atoms with E-state index in [1.54, 1.807) is 25.0 Å². The first-order chi connectivity index (χ1) is 8.20. The van der Waals surface area contributed by atoms with Crippen molar-refractivity contribution in [1.82, 2.24) is 29.5 Å². The quantitative estimate of drug-likeness (QED) is 0.673. The Labute approximate surface area is 97.2 Å². The normalized spacial score (nSPS) is 10.5. The van der Waals surface area contributed by atoms with E-state index in [1.165, 1.54) is 11.0 Å². The summed E-state index contributed by atoms with van der Waals surface area (Å²) in [5.74, 6) is 0.149. The molecule has 0 aliphatic heterocycles. The second-order valence-electron chi connectivity index (χ2n) is 3.29. The maximum atomic E-state index is 11.4. The van der Waals surface area contributed by atoms with Gasteiger partial charge in [-0.25, -0.2) is 19.4 Å². The number of carbonyl (C=O) groups is 1. The summed E-state index contributed by atoms with van der Waals surface area (Å²) in [4.78, 5) is 19.3. The van der Waals surface area contributed by atoms with Crippen molar-refractivity contribution in [2.24, 2.45) is 7.05 Å². The summed E-state index contributed by atoms with van der Waals surface area (Å²) in [5, 5.41) is 7.93. The summed E-state index contributed by atoms with van der Waals surface area (Å²) < 4.78 is 7.94. The molecule has 8 nitrogen and oxygen atoms in total. The molecule has 0 aliphatic rings. The minimum Gasteiger partial charge on any atom is -0.460 e. The third-order valence-electron chi connectivity index (χ3n) is 2.08. The average Bonchev–Trinajstić information content (AvgIpc) is 2.91. The fraction of sp³-hybridized carbons (Fsp3) is 0.444. The Morgan fingerprint density at radius 3 is 3.00 bits per heavy atom. The van der Waals surface area contributed by atoms with Gasteiger partial charge in [0.15, 0.2) is 0 Å². The highest BCUT2D eigenvalue weighted by atomic mass is 16.5. The lowest BCUT2D eigenvalue weighted by atomic mass is 10.6. The number of aromatic nitrogens is 6. The van der Waals surface area contributed by atoms with Gasteiger partial charge in [-0.1, -0.05) is 0 Å². The number of aryl methyl sites for hydroxylation is 1. The number of esters is 1. The zero-order chi connectivity index (χ0) is 12.3. The molecule has 17 heavy (non-hydrogen) atoms. The van der Waals surface area contributed by atoms with Gasteiger partial charge in [0.1, 0.15) is 25.0 Å². The van der Waals surface area contributed by atoms with Crippen molar-refractivity contribution in [3.8, 4) is 0 Å². The number of hydrogen-bond donors (Lipinski definition) is 0. The van der Waals surface area contributed by atoms with E-state index in [2.05, 4.69) is 20.2 Å². The Kier molecular flexibility index (Phi) is 3.12. The van der Waals surface area contributed by atoms with Gasteiger partial charge in [-0.2, -0.15) is 5.10 Å². The molecule has 0 bridgehead atoms. The van der Waals surface area contributed by atoms with Crippen molar-refractivity contribution in [2.75, 3.05) is 6.61 Å². The Bertz CT molecular complexity index is 504.